The summed E-state index contributed by atoms with van der Waals surface area (Å²) in [7, 11) is 0. The Kier molecular flexibility index (Phi) is 5.38. The van der Waals surface area contributed by atoms with Crippen LogP contribution in [0.4, 0.5) is 15.9 Å². The summed E-state index contributed by atoms with van der Waals surface area (Å²) in [6, 6.07) is 6.14. The van der Waals surface area contributed by atoms with E-state index in [1.807, 2.05) is 6.92 Å². The number of nitrogens with one attached hydrogen (secondary N) is 1. The third-order valence-electron chi connectivity index (χ3n) is 2.56. The molecule has 0 saturated heterocycles. The lowest BCUT2D eigenvalue weighted by Gasteiger charge is -2.16. The number of aromatic nitrogens is 2. The van der Waals surface area contributed by atoms with E-state index < -0.39 is 0 Å². The maximum atomic E-state index is 12.8. The van der Waals surface area contributed by atoms with Gasteiger partial charge in [0, 0.05) is 0 Å². The zero-order valence-electron chi connectivity index (χ0n) is 10.2. The maximum Gasteiger partial charge on any atom is 0.157 e. The molecule has 0 fully saturated rings. The van der Waals surface area contributed by atoms with Gasteiger partial charge in [0.2, 0.25) is 0 Å². The third-order valence-corrected chi connectivity index (χ3v) is 2.86. The molecule has 2 rings (SSSR count). The van der Waals surface area contributed by atoms with Gasteiger partial charge in [-0.1, -0.05) is 23.7 Å². The fraction of sp³-hybridized carbons (Fsp3) is 0.167. The molecule has 0 amide bonds. The van der Waals surface area contributed by atoms with Crippen molar-refractivity contribution in [3.8, 4) is 0 Å². The first-order valence-electron chi connectivity index (χ1n) is 5.36. The summed E-state index contributed by atoms with van der Waals surface area (Å²) in [6.07, 6.45) is 1.33. The lowest BCUT2D eigenvalue weighted by molar-refractivity contribution is 0.626. The van der Waals surface area contributed by atoms with Crippen molar-refractivity contribution in [2.45, 2.75) is 13.0 Å². The summed E-state index contributed by atoms with van der Waals surface area (Å²) in [6.45, 7) is 1.92. The van der Waals surface area contributed by atoms with Crippen LogP contribution < -0.4 is 11.1 Å². The molecule has 1 aromatic heterocycles. The first kappa shape index (κ1) is 15.5. The van der Waals surface area contributed by atoms with E-state index in [0.717, 1.165) is 5.56 Å². The zero-order chi connectivity index (χ0) is 13.1. The summed E-state index contributed by atoms with van der Waals surface area (Å²) in [5.74, 6) is 0.197. The predicted molar refractivity (Wildman–Crippen MR) is 80.3 cm³/mol. The van der Waals surface area contributed by atoms with Gasteiger partial charge in [0.05, 0.1) is 6.04 Å². The molecular weight excluding hydrogens is 287 g/mol. The molecule has 4 nitrogen and oxygen atoms in total. The number of hydrogen-bond acceptors (Lipinski definition) is 4. The molecule has 3 N–H and O–H groups in total. The van der Waals surface area contributed by atoms with Gasteiger partial charge < -0.3 is 11.1 Å². The molecule has 0 aliphatic carbocycles. The van der Waals surface area contributed by atoms with E-state index in [4.69, 9.17) is 17.3 Å². The van der Waals surface area contributed by atoms with Crippen molar-refractivity contribution >= 4 is 36.6 Å². The number of nitrogens with zero attached hydrogens (tertiary/aromatic N) is 2. The van der Waals surface area contributed by atoms with Gasteiger partial charge in [-0.25, -0.2) is 14.4 Å². The van der Waals surface area contributed by atoms with Gasteiger partial charge in [-0.05, 0) is 24.6 Å². The van der Waals surface area contributed by atoms with Crippen molar-refractivity contribution in [3.63, 3.8) is 0 Å². The number of benzene rings is 1. The Morgan fingerprint density at radius 2 is 1.89 bits per heavy atom. The van der Waals surface area contributed by atoms with Crippen molar-refractivity contribution in [1.29, 1.82) is 0 Å². The molecule has 0 unspecified atom stereocenters. The van der Waals surface area contributed by atoms with Crippen LogP contribution in [0.2, 0.25) is 5.15 Å². The Balaban J connectivity index is 0.00000180. The van der Waals surface area contributed by atoms with E-state index in [0.29, 0.717) is 11.5 Å². The van der Waals surface area contributed by atoms with Gasteiger partial charge in [0.25, 0.3) is 0 Å². The highest BCUT2D eigenvalue weighted by Crippen LogP contribution is 2.26. The van der Waals surface area contributed by atoms with Crippen LogP contribution in [0.3, 0.4) is 0 Å². The fourth-order valence-corrected chi connectivity index (χ4v) is 1.66. The van der Waals surface area contributed by atoms with Gasteiger partial charge in [0.1, 0.15) is 17.8 Å². The van der Waals surface area contributed by atoms with Crippen LogP contribution in [0, 0.1) is 5.82 Å². The van der Waals surface area contributed by atoms with Crippen molar-refractivity contribution in [2.75, 3.05) is 11.1 Å². The minimum Gasteiger partial charge on any atom is -0.393 e. The van der Waals surface area contributed by atoms with E-state index in [2.05, 4.69) is 15.3 Å². The Morgan fingerprint density at radius 1 is 1.26 bits per heavy atom. The largest absolute Gasteiger partial charge is 0.393 e. The van der Waals surface area contributed by atoms with Crippen molar-refractivity contribution in [1.82, 2.24) is 9.97 Å². The van der Waals surface area contributed by atoms with Crippen molar-refractivity contribution in [2.24, 2.45) is 0 Å². The maximum absolute atomic E-state index is 12.8. The monoisotopic (exact) mass is 300 g/mol. The highest BCUT2D eigenvalue weighted by molar-refractivity contribution is 7.59. The second kappa shape index (κ2) is 6.58. The number of nitrogen functional groups attached to an aromatic ring is 1. The normalized spacial score (nSPS) is 11.5. The van der Waals surface area contributed by atoms with Crippen LogP contribution in [-0.2, 0) is 0 Å². The van der Waals surface area contributed by atoms with Gasteiger partial charge in [-0.15, -0.1) is 0 Å². The van der Waals surface area contributed by atoms with Crippen molar-refractivity contribution < 1.29 is 4.39 Å². The van der Waals surface area contributed by atoms with E-state index in [1.54, 1.807) is 12.1 Å². The van der Waals surface area contributed by atoms with Gasteiger partial charge >= 0.3 is 0 Å². The average Bonchev–Trinajstić information content (AvgIpc) is 2.36. The first-order chi connectivity index (χ1) is 8.58. The van der Waals surface area contributed by atoms with E-state index in [1.165, 1.54) is 18.5 Å². The second-order valence-electron chi connectivity index (χ2n) is 3.84. The summed E-state index contributed by atoms with van der Waals surface area (Å²) < 4.78 is 12.8. The second-order valence-corrected chi connectivity index (χ2v) is 4.20. The van der Waals surface area contributed by atoms with Crippen LogP contribution >= 0.6 is 25.1 Å². The minimum absolute atomic E-state index is 0. The van der Waals surface area contributed by atoms with Crippen LogP contribution in [0.5, 0.6) is 0 Å². The Bertz CT molecular complexity index is 550. The van der Waals surface area contributed by atoms with E-state index in [9.17, 15) is 4.39 Å². The smallest absolute Gasteiger partial charge is 0.157 e. The molecule has 2 aromatic rings. The molecule has 0 spiro atoms. The number of anilines is 2. The Morgan fingerprint density at radius 3 is 2.53 bits per heavy atom. The number of halogens is 2. The lowest BCUT2D eigenvalue weighted by Crippen LogP contribution is -2.10. The van der Waals surface area contributed by atoms with E-state index >= 15 is 0 Å². The van der Waals surface area contributed by atoms with Gasteiger partial charge in [-0.3, -0.25) is 0 Å². The summed E-state index contributed by atoms with van der Waals surface area (Å²) in [4.78, 5) is 7.79. The standard InChI is InChI=1S/C12H12ClFN4.H2S/c1-7(8-2-4-9(14)5-3-8)18-12-10(15)11(13)16-6-17-12;/h2-7H,15H2,1H3,(H,16,17,18);1H2/t7-;/m0./s1. The molecule has 0 saturated carbocycles. The zero-order valence-corrected chi connectivity index (χ0v) is 11.9. The van der Waals surface area contributed by atoms with Crippen LogP contribution in [-0.4, -0.2) is 9.97 Å². The molecular formula is C12H14ClFN4S. The average molecular weight is 301 g/mol. The lowest BCUT2D eigenvalue weighted by atomic mass is 10.1. The quantitative estimate of drug-likeness (QED) is 0.855. The topological polar surface area (TPSA) is 63.8 Å². The molecule has 0 aliphatic rings. The Labute approximate surface area is 122 Å². The van der Waals surface area contributed by atoms with Crippen LogP contribution in [0.1, 0.15) is 18.5 Å². The van der Waals surface area contributed by atoms with Crippen LogP contribution in [0.25, 0.3) is 0 Å². The Hall–Kier alpha value is -1.53. The highest BCUT2D eigenvalue weighted by atomic mass is 35.5. The van der Waals surface area contributed by atoms with Gasteiger partial charge in [-0.2, -0.15) is 13.5 Å². The van der Waals surface area contributed by atoms with Crippen molar-refractivity contribution in [3.05, 3.63) is 47.1 Å². The third kappa shape index (κ3) is 3.71. The molecule has 1 aromatic carbocycles. The molecule has 0 radical (unpaired) electrons. The molecule has 102 valence electrons. The first-order valence-corrected chi connectivity index (χ1v) is 5.73. The molecule has 0 bridgehead atoms. The molecule has 1 atom stereocenters. The molecule has 19 heavy (non-hydrogen) atoms. The number of nitrogens with two attached hydrogens (primary N) is 1. The number of rotatable bonds is 3. The minimum atomic E-state index is -0.268. The predicted octanol–water partition coefficient (Wildman–Crippen LogP) is 3.14. The molecule has 0 aliphatic heterocycles. The molecule has 7 heteroatoms. The number of hydrogen-bond donors (Lipinski definition) is 2. The fourth-order valence-electron chi connectivity index (χ4n) is 1.53. The summed E-state index contributed by atoms with van der Waals surface area (Å²) >= 11 is 5.80. The molecule has 1 heterocycles. The summed E-state index contributed by atoms with van der Waals surface area (Å²) in [5.41, 5.74) is 6.97. The summed E-state index contributed by atoms with van der Waals surface area (Å²) in [5, 5.41) is 3.31. The van der Waals surface area contributed by atoms with Gasteiger partial charge in [0.15, 0.2) is 11.0 Å². The SMILES string of the molecule is C[C@H](Nc1ncnc(Cl)c1N)c1ccc(F)cc1.S. The highest BCUT2D eigenvalue weighted by Gasteiger charge is 2.10. The van der Waals surface area contributed by atoms with Crippen LogP contribution in [0.15, 0.2) is 30.6 Å². The van der Waals surface area contributed by atoms with E-state index in [-0.39, 0.29) is 30.5 Å².